The average molecular weight is 424 g/mol. The van der Waals surface area contributed by atoms with Crippen molar-refractivity contribution >= 4 is 6.09 Å². The van der Waals surface area contributed by atoms with Gasteiger partial charge >= 0.3 is 6.09 Å². The van der Waals surface area contributed by atoms with E-state index in [2.05, 4.69) is 20.4 Å². The molecular weight excluding hydrogens is 378 g/mol. The van der Waals surface area contributed by atoms with Crippen LogP contribution in [0.3, 0.4) is 0 Å². The van der Waals surface area contributed by atoms with Crippen molar-refractivity contribution in [2.75, 3.05) is 6.61 Å². The van der Waals surface area contributed by atoms with Crippen LogP contribution in [0, 0.1) is 11.8 Å². The van der Waals surface area contributed by atoms with Gasteiger partial charge in [-0.15, -0.1) is 6.58 Å². The maximum atomic E-state index is 13.2. The molecule has 2 fully saturated rings. The summed E-state index contributed by atoms with van der Waals surface area (Å²) in [5.41, 5.74) is -1.24. The number of amides is 1. The number of ether oxygens (including phenoxy) is 3. The zero-order valence-electron chi connectivity index (χ0n) is 20.4. The van der Waals surface area contributed by atoms with E-state index in [0.717, 1.165) is 12.8 Å². The second-order valence-corrected chi connectivity index (χ2v) is 10.9. The molecular formula is C25H45NO4. The van der Waals surface area contributed by atoms with Gasteiger partial charge in [0.25, 0.3) is 0 Å². The molecule has 1 heterocycles. The fraction of sp³-hybridized carbons (Fsp3) is 0.880. The highest BCUT2D eigenvalue weighted by atomic mass is 16.6. The molecule has 30 heavy (non-hydrogen) atoms. The van der Waals surface area contributed by atoms with Gasteiger partial charge in [0.05, 0.1) is 24.9 Å². The Kier molecular flexibility index (Phi) is 8.81. The minimum absolute atomic E-state index is 0.00605. The molecule has 0 aromatic carbocycles. The molecule has 0 radical (unpaired) electrons. The number of hydrogen-bond acceptors (Lipinski definition) is 4. The lowest BCUT2D eigenvalue weighted by atomic mass is 9.82. The first-order chi connectivity index (χ1) is 13.9. The van der Waals surface area contributed by atoms with E-state index in [-0.39, 0.29) is 24.3 Å². The maximum absolute atomic E-state index is 13.2. The Bertz CT molecular complexity index is 560. The van der Waals surface area contributed by atoms with Crippen LogP contribution in [0.25, 0.3) is 0 Å². The van der Waals surface area contributed by atoms with Crippen LogP contribution in [0.4, 0.5) is 4.79 Å². The average Bonchev–Trinajstić information content (AvgIpc) is 2.87. The van der Waals surface area contributed by atoms with Gasteiger partial charge in [-0.3, -0.25) is 4.90 Å². The summed E-state index contributed by atoms with van der Waals surface area (Å²) in [5, 5.41) is 0. The van der Waals surface area contributed by atoms with Crippen LogP contribution in [0.5, 0.6) is 0 Å². The molecule has 5 nitrogen and oxygen atoms in total. The van der Waals surface area contributed by atoms with E-state index in [1.54, 1.807) is 6.08 Å². The Morgan fingerprint density at radius 1 is 1.23 bits per heavy atom. The Morgan fingerprint density at radius 3 is 2.40 bits per heavy atom. The molecule has 0 spiro atoms. The molecule has 1 aliphatic heterocycles. The van der Waals surface area contributed by atoms with Crippen molar-refractivity contribution in [1.82, 2.24) is 4.90 Å². The van der Waals surface area contributed by atoms with E-state index < -0.39 is 11.3 Å². The molecule has 1 aliphatic carbocycles. The van der Waals surface area contributed by atoms with E-state index >= 15 is 0 Å². The summed E-state index contributed by atoms with van der Waals surface area (Å²) in [6.45, 7) is 18.4. The summed E-state index contributed by atoms with van der Waals surface area (Å²) in [4.78, 5) is 15.1. The number of carbonyl (C=O) groups is 1. The first-order valence-corrected chi connectivity index (χ1v) is 11.9. The number of hydrogen-bond donors (Lipinski definition) is 0. The molecule has 5 heteroatoms. The van der Waals surface area contributed by atoms with Crippen LogP contribution >= 0.6 is 0 Å². The van der Waals surface area contributed by atoms with Gasteiger partial charge in [-0.1, -0.05) is 52.0 Å². The second kappa shape index (κ2) is 10.5. The predicted octanol–water partition coefficient (Wildman–Crippen LogP) is 6.31. The van der Waals surface area contributed by atoms with E-state index in [4.69, 9.17) is 14.2 Å². The molecule has 0 unspecified atom stereocenters. The molecule has 0 aromatic rings. The number of carbonyl (C=O) groups excluding carboxylic acids is 1. The van der Waals surface area contributed by atoms with E-state index in [1.807, 2.05) is 39.5 Å². The normalized spacial score (nSPS) is 26.1. The van der Waals surface area contributed by atoms with Crippen molar-refractivity contribution in [3.63, 3.8) is 0 Å². The smallest absolute Gasteiger partial charge is 0.412 e. The lowest BCUT2D eigenvalue weighted by molar-refractivity contribution is -0.0908. The van der Waals surface area contributed by atoms with Crippen LogP contribution in [-0.2, 0) is 14.2 Å². The third-order valence-corrected chi connectivity index (χ3v) is 6.31. The van der Waals surface area contributed by atoms with Gasteiger partial charge in [-0.2, -0.15) is 0 Å². The summed E-state index contributed by atoms with van der Waals surface area (Å²) in [7, 11) is 0. The molecule has 0 N–H and O–H groups in total. The second-order valence-electron chi connectivity index (χ2n) is 10.9. The lowest BCUT2D eigenvalue weighted by Gasteiger charge is -2.37. The van der Waals surface area contributed by atoms with Gasteiger partial charge in [0.1, 0.15) is 11.3 Å². The minimum Gasteiger partial charge on any atom is -0.444 e. The largest absolute Gasteiger partial charge is 0.444 e. The SMILES string of the molecule is C=CCO[C@@H](C[C@@H]1OC(C)(C)N(C(=O)OC(C)(C)C)[C@H]1CC1CCCCC1)C(C)C. The zero-order chi connectivity index (χ0) is 22.5. The van der Waals surface area contributed by atoms with Crippen molar-refractivity contribution in [3.05, 3.63) is 12.7 Å². The number of rotatable bonds is 8. The van der Waals surface area contributed by atoms with E-state index in [1.165, 1.54) is 32.1 Å². The van der Waals surface area contributed by atoms with Crippen molar-refractivity contribution in [2.45, 2.75) is 123 Å². The first kappa shape index (κ1) is 25.2. The molecule has 0 aromatic heterocycles. The Hall–Kier alpha value is -1.07. The third kappa shape index (κ3) is 6.98. The quantitative estimate of drug-likeness (QED) is 0.429. The topological polar surface area (TPSA) is 48.0 Å². The highest BCUT2D eigenvalue weighted by Gasteiger charge is 2.52. The molecule has 1 amide bonds. The van der Waals surface area contributed by atoms with Crippen molar-refractivity contribution in [1.29, 1.82) is 0 Å². The van der Waals surface area contributed by atoms with Gasteiger partial charge in [-0.05, 0) is 52.9 Å². The highest BCUT2D eigenvalue weighted by molar-refractivity contribution is 5.70. The standard InChI is InChI=1S/C25H45NO4/c1-9-15-28-21(18(2)3)17-22-20(16-19-13-11-10-12-14-19)26(25(7,8)29-22)23(27)30-24(4,5)6/h9,18-22H,1,10-17H2,2-8H3/t20-,21-,22-/m0/s1. The Labute approximate surface area is 184 Å². The van der Waals surface area contributed by atoms with Gasteiger partial charge in [0, 0.05) is 6.42 Å². The fourth-order valence-electron chi connectivity index (χ4n) is 4.92. The number of nitrogens with zero attached hydrogens (tertiary/aromatic N) is 1. The summed E-state index contributed by atoms with van der Waals surface area (Å²) in [5.74, 6) is 1.00. The Morgan fingerprint density at radius 2 is 1.87 bits per heavy atom. The Balaban J connectivity index is 2.26. The molecule has 3 atom stereocenters. The minimum atomic E-state index is -0.702. The van der Waals surface area contributed by atoms with Gasteiger partial charge in [0.2, 0.25) is 0 Å². The molecule has 1 saturated heterocycles. The molecule has 174 valence electrons. The predicted molar refractivity (Wildman–Crippen MR) is 121 cm³/mol. The molecule has 0 bridgehead atoms. The van der Waals surface area contributed by atoms with Crippen LogP contribution < -0.4 is 0 Å². The van der Waals surface area contributed by atoms with Gasteiger partial charge in [0.15, 0.2) is 0 Å². The monoisotopic (exact) mass is 423 g/mol. The summed E-state index contributed by atoms with van der Waals surface area (Å²) >= 11 is 0. The first-order valence-electron chi connectivity index (χ1n) is 11.9. The van der Waals surface area contributed by atoms with Crippen molar-refractivity contribution in [2.24, 2.45) is 11.8 Å². The zero-order valence-corrected chi connectivity index (χ0v) is 20.4. The van der Waals surface area contributed by atoms with Gasteiger partial charge in [-0.25, -0.2) is 4.79 Å². The molecule has 1 saturated carbocycles. The van der Waals surface area contributed by atoms with Crippen LogP contribution in [0.2, 0.25) is 0 Å². The van der Waals surface area contributed by atoms with Crippen molar-refractivity contribution < 1.29 is 19.0 Å². The summed E-state index contributed by atoms with van der Waals surface area (Å²) < 4.78 is 18.4. The lowest BCUT2D eigenvalue weighted by Crippen LogP contribution is -2.51. The van der Waals surface area contributed by atoms with Crippen LogP contribution in [0.1, 0.15) is 93.4 Å². The van der Waals surface area contributed by atoms with E-state index in [0.29, 0.717) is 18.4 Å². The van der Waals surface area contributed by atoms with Crippen LogP contribution in [-0.4, -0.2) is 47.2 Å². The molecule has 2 aliphatic rings. The van der Waals surface area contributed by atoms with Crippen molar-refractivity contribution in [3.8, 4) is 0 Å². The van der Waals surface area contributed by atoms with Crippen LogP contribution in [0.15, 0.2) is 12.7 Å². The highest BCUT2D eigenvalue weighted by Crippen LogP contribution is 2.41. The summed E-state index contributed by atoms with van der Waals surface area (Å²) in [6.07, 6.45) is 9.65. The fourth-order valence-corrected chi connectivity index (χ4v) is 4.92. The maximum Gasteiger partial charge on any atom is 0.412 e. The summed E-state index contributed by atoms with van der Waals surface area (Å²) in [6, 6.07) is 0.00605. The molecule has 2 rings (SSSR count). The van der Waals surface area contributed by atoms with E-state index in [9.17, 15) is 4.79 Å². The van der Waals surface area contributed by atoms with Gasteiger partial charge < -0.3 is 14.2 Å². The third-order valence-electron chi connectivity index (χ3n) is 6.31.